The molecule has 0 spiro atoms. The first-order valence-electron chi connectivity index (χ1n) is 3.74. The van der Waals surface area contributed by atoms with E-state index in [0.717, 1.165) is 0 Å². The van der Waals surface area contributed by atoms with E-state index in [1.165, 1.54) is 17.1 Å². The van der Waals surface area contributed by atoms with Gasteiger partial charge < -0.3 is 5.11 Å². The average Bonchev–Trinajstić information content (AvgIpc) is 2.75. The van der Waals surface area contributed by atoms with E-state index in [1.807, 2.05) is 0 Å². The maximum absolute atomic E-state index is 10.5. The van der Waals surface area contributed by atoms with Gasteiger partial charge in [-0.2, -0.15) is 10.3 Å². The Hall–Kier alpha value is -2.25. The van der Waals surface area contributed by atoms with E-state index < -0.39 is 5.97 Å². The molecule has 0 aromatic carbocycles. The van der Waals surface area contributed by atoms with Gasteiger partial charge in [-0.25, -0.2) is 4.79 Å². The first-order valence-corrected chi connectivity index (χ1v) is 3.74. The van der Waals surface area contributed by atoms with Crippen LogP contribution in [0.4, 0.5) is 0 Å². The van der Waals surface area contributed by atoms with Crippen LogP contribution < -0.4 is 0 Å². The van der Waals surface area contributed by atoms with E-state index in [4.69, 9.17) is 5.11 Å². The number of hydrogen-bond donors (Lipinski definition) is 2. The summed E-state index contributed by atoms with van der Waals surface area (Å²) in [7, 11) is 0. The zero-order valence-electron chi connectivity index (χ0n) is 6.95. The average molecular weight is 194 g/mol. The molecule has 72 valence electrons. The first kappa shape index (κ1) is 8.35. The van der Waals surface area contributed by atoms with Gasteiger partial charge in [-0.3, -0.25) is 4.68 Å². The lowest BCUT2D eigenvalue weighted by atomic mass is 10.4. The van der Waals surface area contributed by atoms with Crippen molar-refractivity contribution in [3.8, 4) is 0 Å². The summed E-state index contributed by atoms with van der Waals surface area (Å²) in [5.74, 6) is -0.561. The van der Waals surface area contributed by atoms with E-state index in [9.17, 15) is 4.79 Å². The lowest BCUT2D eigenvalue weighted by molar-refractivity contribution is 0.0697. The third-order valence-electron chi connectivity index (χ3n) is 1.57. The molecule has 0 saturated carbocycles. The Bertz CT molecular complexity index is 433. The molecule has 0 aliphatic carbocycles. The molecule has 0 unspecified atom stereocenters. The molecule has 0 atom stereocenters. The van der Waals surface area contributed by atoms with Gasteiger partial charge in [0.2, 0.25) is 0 Å². The molecular weight excluding hydrogens is 188 g/mol. The SMILES string of the molecule is O=C(O)c1cnn(Cc2nn[nH]n2)c1. The fourth-order valence-corrected chi connectivity index (χ4v) is 0.955. The summed E-state index contributed by atoms with van der Waals surface area (Å²) in [5, 5.41) is 25.5. The molecular formula is C6H6N6O2. The zero-order valence-corrected chi connectivity index (χ0v) is 6.95. The lowest BCUT2D eigenvalue weighted by Crippen LogP contribution is -2.02. The van der Waals surface area contributed by atoms with Crippen LogP contribution >= 0.6 is 0 Å². The predicted molar refractivity (Wildman–Crippen MR) is 42.5 cm³/mol. The first-order chi connectivity index (χ1) is 6.75. The van der Waals surface area contributed by atoms with Crippen LogP contribution in [0.15, 0.2) is 12.4 Å². The van der Waals surface area contributed by atoms with Gasteiger partial charge >= 0.3 is 5.97 Å². The maximum Gasteiger partial charge on any atom is 0.338 e. The summed E-state index contributed by atoms with van der Waals surface area (Å²) in [6.07, 6.45) is 2.67. The van der Waals surface area contributed by atoms with Crippen molar-refractivity contribution in [2.24, 2.45) is 0 Å². The molecule has 2 heterocycles. The molecule has 8 nitrogen and oxygen atoms in total. The fourth-order valence-electron chi connectivity index (χ4n) is 0.955. The van der Waals surface area contributed by atoms with Crippen molar-refractivity contribution in [1.29, 1.82) is 0 Å². The highest BCUT2D eigenvalue weighted by molar-refractivity contribution is 5.86. The third-order valence-corrected chi connectivity index (χ3v) is 1.57. The second kappa shape index (κ2) is 3.24. The van der Waals surface area contributed by atoms with Crippen molar-refractivity contribution in [1.82, 2.24) is 30.4 Å². The standard InChI is InChI=1S/C6H6N6O2/c13-6(14)4-1-7-12(2-4)3-5-8-10-11-9-5/h1-2H,3H2,(H,13,14)(H,8,9,10,11). The molecule has 0 bridgehead atoms. The van der Waals surface area contributed by atoms with Crippen molar-refractivity contribution in [3.63, 3.8) is 0 Å². The van der Waals surface area contributed by atoms with E-state index >= 15 is 0 Å². The van der Waals surface area contributed by atoms with Crippen molar-refractivity contribution in [3.05, 3.63) is 23.8 Å². The summed E-state index contributed by atoms with van der Waals surface area (Å²) < 4.78 is 1.42. The number of H-pyrrole nitrogens is 1. The Balaban J connectivity index is 2.14. The van der Waals surface area contributed by atoms with Gasteiger partial charge in [0.25, 0.3) is 0 Å². The van der Waals surface area contributed by atoms with Crippen molar-refractivity contribution in [2.45, 2.75) is 6.54 Å². The molecule has 0 radical (unpaired) electrons. The predicted octanol–water partition coefficient (Wildman–Crippen LogP) is -0.857. The Morgan fingerprint density at radius 1 is 1.64 bits per heavy atom. The van der Waals surface area contributed by atoms with E-state index in [2.05, 4.69) is 25.7 Å². The molecule has 2 rings (SSSR count). The molecule has 2 aromatic heterocycles. The van der Waals surface area contributed by atoms with Gasteiger partial charge in [0, 0.05) is 6.20 Å². The van der Waals surface area contributed by atoms with Gasteiger partial charge in [0.15, 0.2) is 5.82 Å². The van der Waals surface area contributed by atoms with Crippen LogP contribution in [0, 0.1) is 0 Å². The van der Waals surface area contributed by atoms with Crippen LogP contribution in [0.1, 0.15) is 16.2 Å². The van der Waals surface area contributed by atoms with E-state index in [0.29, 0.717) is 12.4 Å². The van der Waals surface area contributed by atoms with Crippen LogP contribution in [0.5, 0.6) is 0 Å². The lowest BCUT2D eigenvalue weighted by Gasteiger charge is -1.93. The van der Waals surface area contributed by atoms with Gasteiger partial charge in [-0.05, 0) is 0 Å². The quantitative estimate of drug-likeness (QED) is 0.658. The molecule has 8 heteroatoms. The minimum absolute atomic E-state index is 0.133. The largest absolute Gasteiger partial charge is 0.478 e. The Kier molecular flexibility index (Phi) is 1.94. The van der Waals surface area contributed by atoms with Crippen molar-refractivity contribution >= 4 is 5.97 Å². The minimum Gasteiger partial charge on any atom is -0.478 e. The van der Waals surface area contributed by atoms with Crippen LogP contribution in [0.2, 0.25) is 0 Å². The van der Waals surface area contributed by atoms with Gasteiger partial charge in [-0.1, -0.05) is 5.21 Å². The molecule has 2 N–H and O–H groups in total. The Morgan fingerprint density at radius 3 is 3.07 bits per heavy atom. The smallest absolute Gasteiger partial charge is 0.338 e. The highest BCUT2D eigenvalue weighted by Crippen LogP contribution is 1.98. The molecule has 0 amide bonds. The number of rotatable bonds is 3. The van der Waals surface area contributed by atoms with Crippen LogP contribution in [0.25, 0.3) is 0 Å². The Morgan fingerprint density at radius 2 is 2.50 bits per heavy atom. The molecule has 14 heavy (non-hydrogen) atoms. The molecule has 0 fully saturated rings. The second-order valence-corrected chi connectivity index (χ2v) is 2.56. The highest BCUT2D eigenvalue weighted by Gasteiger charge is 2.07. The monoisotopic (exact) mass is 194 g/mol. The summed E-state index contributed by atoms with van der Waals surface area (Å²) in [6, 6.07) is 0. The number of aromatic amines is 1. The highest BCUT2D eigenvalue weighted by atomic mass is 16.4. The van der Waals surface area contributed by atoms with Gasteiger partial charge in [0.05, 0.1) is 11.8 Å². The number of carbonyl (C=O) groups is 1. The maximum atomic E-state index is 10.5. The number of nitrogens with one attached hydrogen (secondary N) is 1. The minimum atomic E-state index is -1.01. The van der Waals surface area contributed by atoms with E-state index in [1.54, 1.807) is 0 Å². The van der Waals surface area contributed by atoms with Crippen molar-refractivity contribution < 1.29 is 9.90 Å². The molecule has 0 aliphatic rings. The summed E-state index contributed by atoms with van der Waals surface area (Å²) in [5.41, 5.74) is 0.133. The Labute approximate surface area is 77.6 Å². The van der Waals surface area contributed by atoms with Crippen LogP contribution in [-0.4, -0.2) is 41.5 Å². The van der Waals surface area contributed by atoms with E-state index in [-0.39, 0.29) is 5.56 Å². The number of aromatic carboxylic acids is 1. The number of carboxylic acid groups (broad SMARTS) is 1. The number of tetrazole rings is 1. The van der Waals surface area contributed by atoms with Crippen LogP contribution in [-0.2, 0) is 6.54 Å². The normalized spacial score (nSPS) is 10.3. The number of aromatic nitrogens is 6. The summed E-state index contributed by atoms with van der Waals surface area (Å²) in [6.45, 7) is 0.295. The molecule has 0 saturated heterocycles. The summed E-state index contributed by atoms with van der Waals surface area (Å²) >= 11 is 0. The summed E-state index contributed by atoms with van der Waals surface area (Å²) in [4.78, 5) is 10.5. The van der Waals surface area contributed by atoms with Gasteiger partial charge in [0.1, 0.15) is 6.54 Å². The fraction of sp³-hybridized carbons (Fsp3) is 0.167. The topological polar surface area (TPSA) is 110 Å². The number of carboxylic acids is 1. The molecule has 2 aromatic rings. The van der Waals surface area contributed by atoms with Gasteiger partial charge in [-0.15, -0.1) is 10.2 Å². The van der Waals surface area contributed by atoms with Crippen LogP contribution in [0.3, 0.4) is 0 Å². The number of nitrogens with zero attached hydrogens (tertiary/aromatic N) is 5. The zero-order chi connectivity index (χ0) is 9.97. The van der Waals surface area contributed by atoms with Crippen molar-refractivity contribution in [2.75, 3.05) is 0 Å². The second-order valence-electron chi connectivity index (χ2n) is 2.56. The molecule has 0 aliphatic heterocycles. The third kappa shape index (κ3) is 1.58. The number of hydrogen-bond acceptors (Lipinski definition) is 5.